The number of anilines is 2. The topological polar surface area (TPSA) is 221 Å². The number of aromatic nitrogens is 9. The van der Waals surface area contributed by atoms with Crippen molar-refractivity contribution in [1.29, 1.82) is 0 Å². The van der Waals surface area contributed by atoms with Crippen LogP contribution in [0.25, 0.3) is 11.4 Å². The van der Waals surface area contributed by atoms with Gasteiger partial charge >= 0.3 is 0 Å². The maximum atomic E-state index is 13.6. The molecule has 6 aliphatic rings. The maximum absolute atomic E-state index is 13.6. The molecule has 0 radical (unpaired) electrons. The second kappa shape index (κ2) is 30.4. The van der Waals surface area contributed by atoms with Crippen molar-refractivity contribution in [3.05, 3.63) is 170 Å². The molecule has 21 nitrogen and oxygen atoms in total. The Hall–Kier alpha value is -7.62. The van der Waals surface area contributed by atoms with Gasteiger partial charge in [-0.2, -0.15) is 0 Å². The zero-order chi connectivity index (χ0) is 67.9. The third kappa shape index (κ3) is 14.9. The molecule has 3 aromatic carbocycles. The minimum Gasteiger partial charge on any atom is -0.481 e. The van der Waals surface area contributed by atoms with E-state index in [1.54, 1.807) is 57.7 Å². The van der Waals surface area contributed by atoms with Crippen LogP contribution in [-0.2, 0) is 48.5 Å². The number of methoxy groups -OCH3 is 3. The van der Waals surface area contributed by atoms with Crippen molar-refractivity contribution in [3.63, 3.8) is 0 Å². The highest BCUT2D eigenvalue weighted by molar-refractivity contribution is 8.13. The van der Waals surface area contributed by atoms with Gasteiger partial charge < -0.3 is 48.9 Å². The third-order valence-corrected chi connectivity index (χ3v) is 20.0. The molecule has 8 heterocycles. The number of hydrogen-bond donors (Lipinski definition) is 1. The van der Waals surface area contributed by atoms with E-state index in [4.69, 9.17) is 74.0 Å². The molecule has 28 heteroatoms. The second-order valence-corrected chi connectivity index (χ2v) is 26.1. The lowest BCUT2D eigenvalue weighted by atomic mass is 9.95. The molecule has 0 amide bonds. The number of ether oxygens (including phenoxy) is 6. The van der Waals surface area contributed by atoms with Crippen molar-refractivity contribution in [2.75, 3.05) is 110 Å². The van der Waals surface area contributed by atoms with Gasteiger partial charge in [0.25, 0.3) is 0 Å². The van der Waals surface area contributed by atoms with Gasteiger partial charge in [0.15, 0.2) is 22.6 Å². The van der Waals surface area contributed by atoms with Gasteiger partial charge in [0.1, 0.15) is 37.3 Å². The number of fused-ring (bicyclic) bond motifs is 3. The van der Waals surface area contributed by atoms with Gasteiger partial charge in [0, 0.05) is 109 Å². The summed E-state index contributed by atoms with van der Waals surface area (Å²) in [5, 5.41) is 20.2. The Kier molecular flexibility index (Phi) is 22.1. The number of likely N-dealkylation sites (tertiary alicyclic amines) is 1. The number of hydrogen-bond acceptors (Lipinski definition) is 19. The molecule has 14 rings (SSSR count). The van der Waals surface area contributed by atoms with Crippen molar-refractivity contribution in [2.45, 2.75) is 69.5 Å². The molecule has 6 fully saturated rings. The van der Waals surface area contributed by atoms with Crippen LogP contribution in [0.2, 0.25) is 15.1 Å². The second-order valence-electron chi connectivity index (χ2n) is 24.1. The Morgan fingerprint density at radius 2 is 0.990 bits per heavy atom. The molecule has 0 bridgehead atoms. The van der Waals surface area contributed by atoms with Crippen molar-refractivity contribution in [1.82, 2.24) is 49.4 Å². The fourth-order valence-corrected chi connectivity index (χ4v) is 15.1. The first-order valence-electron chi connectivity index (χ1n) is 31.6. The molecule has 96 heavy (non-hydrogen) atoms. The number of rotatable bonds is 21. The number of benzene rings is 3. The summed E-state index contributed by atoms with van der Waals surface area (Å²) in [4.78, 5) is 34.7. The quantitative estimate of drug-likeness (QED) is 0.0522. The van der Waals surface area contributed by atoms with Crippen LogP contribution in [0.3, 0.4) is 0 Å². The fraction of sp³-hybridized carbons (Fsp3) is 0.426. The van der Waals surface area contributed by atoms with Crippen LogP contribution >= 0.6 is 46.6 Å². The first-order chi connectivity index (χ1) is 46.5. The summed E-state index contributed by atoms with van der Waals surface area (Å²) in [6, 6.07) is 25.3. The van der Waals surface area contributed by atoms with E-state index in [1.165, 1.54) is 36.4 Å². The van der Waals surface area contributed by atoms with Gasteiger partial charge in [-0.3, -0.25) is 13.9 Å². The molecule has 6 atom stereocenters. The number of halogens is 6. The van der Waals surface area contributed by atoms with Crippen LogP contribution in [0.4, 0.5) is 30.8 Å². The molecule has 3 saturated carbocycles. The van der Waals surface area contributed by atoms with Crippen molar-refractivity contribution in [3.8, 4) is 29.0 Å². The molecule has 5 aromatic heterocycles. The maximum Gasteiger partial charge on any atom is 0.232 e. The Balaban J connectivity index is 0.000000139. The molecule has 8 aromatic rings. The summed E-state index contributed by atoms with van der Waals surface area (Å²) in [7, 11) is 4.77. The molecule has 508 valence electrons. The number of thioether (sulfide) groups is 1. The Morgan fingerprint density at radius 3 is 1.35 bits per heavy atom. The highest BCUT2D eigenvalue weighted by Crippen LogP contribution is 2.63. The number of nitrogens with zero attached hydrogens (tertiary/aromatic N) is 13. The monoisotopic (exact) mass is 1390 g/mol. The normalized spacial score (nSPS) is 21.6. The Bertz CT molecular complexity index is 3880. The molecule has 3 aliphatic carbocycles. The molecule has 2 N–H and O–H groups in total. The Labute approximate surface area is 574 Å². The van der Waals surface area contributed by atoms with E-state index in [9.17, 15) is 18.0 Å². The van der Waals surface area contributed by atoms with Gasteiger partial charge in [-0.05, 0) is 135 Å². The highest BCUT2D eigenvalue weighted by atomic mass is 35.5. The van der Waals surface area contributed by atoms with Gasteiger partial charge in [0.2, 0.25) is 29.5 Å². The van der Waals surface area contributed by atoms with Crippen molar-refractivity contribution in [2.24, 2.45) is 28.5 Å². The standard InChI is InChI=1S/2C22H23ClFN5O2.C19H19ClFN3OS.C5H11NO2/c2*1-3-31-12-19-26-27-21(29(19)16-5-7-20(30-2)25-10-16)28-11-14-9-22(14,13-28)17-6-4-15(24)8-18(17)23;1-25-17-6-4-14(9-22-17)23-18(26-2)24-10-12-8-19(12,11-24)15-5-3-13(21)7-16(15)20;1-2-8-4-5(7)3-6/h2*4-8,10,14H,3,9,11-13H2,1-2H3;3-7,9,12H,8,10-11H2,1-2H3;2-4,6H2,1H3/t2*14-,22-;12-,19-;/m000./s1. The van der Waals surface area contributed by atoms with E-state index < -0.39 is 0 Å². The van der Waals surface area contributed by atoms with Crippen LogP contribution in [0.1, 0.15) is 68.4 Å². The largest absolute Gasteiger partial charge is 0.481 e. The van der Waals surface area contributed by atoms with Crippen LogP contribution in [0.15, 0.2) is 115 Å². The molecular formula is C68H76Cl3F3N14O7S. The molecule has 3 aliphatic heterocycles. The number of amidine groups is 1. The number of pyridine rings is 3. The van der Waals surface area contributed by atoms with E-state index in [2.05, 4.69) is 50.0 Å². The summed E-state index contributed by atoms with van der Waals surface area (Å²) >= 11 is 20.8. The first kappa shape index (κ1) is 69.7. The minimum absolute atomic E-state index is 0.0272. The van der Waals surface area contributed by atoms with Gasteiger partial charge in [-0.15, -0.1) is 20.4 Å². The summed E-state index contributed by atoms with van der Waals surface area (Å²) < 4.78 is 75.9. The number of piperidine rings is 3. The lowest BCUT2D eigenvalue weighted by Gasteiger charge is -2.24. The average Bonchev–Trinajstić information content (AvgIpc) is 1.55. The number of carbonyl (C=O) groups excluding carboxylic acids is 1. The zero-order valence-corrected chi connectivity index (χ0v) is 57.4. The number of carbonyl (C=O) groups is 1. The van der Waals surface area contributed by atoms with Crippen molar-refractivity contribution >= 4 is 75.1 Å². The fourth-order valence-electron chi connectivity index (χ4n) is 13.4. The van der Waals surface area contributed by atoms with Crippen LogP contribution < -0.4 is 29.7 Å². The minimum atomic E-state index is -0.315. The molecule has 0 unspecified atom stereocenters. The predicted molar refractivity (Wildman–Crippen MR) is 364 cm³/mol. The number of Topliss-reactive ketones (excluding diaryl/α,β-unsaturated/α-hetero) is 1. The summed E-state index contributed by atoms with van der Waals surface area (Å²) in [6.07, 6.45) is 10.4. The molecule has 0 spiro atoms. The predicted octanol–water partition coefficient (Wildman–Crippen LogP) is 11.6. The van der Waals surface area contributed by atoms with E-state index in [1.807, 2.05) is 84.7 Å². The average molecular weight is 1400 g/mol. The summed E-state index contributed by atoms with van der Waals surface area (Å²) in [6.45, 7) is 13.4. The first-order valence-corrected chi connectivity index (χ1v) is 33.9. The molecule has 3 saturated heterocycles. The lowest BCUT2D eigenvalue weighted by Crippen LogP contribution is -2.30. The number of nitrogens with two attached hydrogens (primary N) is 1. The van der Waals surface area contributed by atoms with Crippen molar-refractivity contribution < 1.29 is 46.4 Å². The van der Waals surface area contributed by atoms with Crippen LogP contribution in [0.5, 0.6) is 17.6 Å². The SMILES string of the molecule is CCOCC(=O)CN.CCOCc1nnc(N2C[C@@H]3C[C@]3(c3ccc(F)cc3Cl)C2)n1-c1ccc(OC)nc1.CCOCc1nnc(N2C[C@@H]3C[C@]3(c3ccc(F)cc3Cl)C2)n1-c1ccc(OC)nc1.COc1ccc(N=C(SC)N2C[C@@H]3C[C@]3(c3ccc(F)cc3Cl)C2)cn1. The van der Waals surface area contributed by atoms with Crippen LogP contribution in [-0.4, -0.2) is 160 Å². The lowest BCUT2D eigenvalue weighted by molar-refractivity contribution is -0.122. The molecular weight excluding hydrogens is 1320 g/mol. The van der Waals surface area contributed by atoms with Crippen LogP contribution in [0, 0.1) is 35.2 Å². The van der Waals surface area contributed by atoms with Gasteiger partial charge in [0.05, 0.1) is 63.5 Å². The smallest absolute Gasteiger partial charge is 0.232 e. The Morgan fingerprint density at radius 1 is 0.573 bits per heavy atom. The van der Waals surface area contributed by atoms with E-state index >= 15 is 0 Å². The van der Waals surface area contributed by atoms with E-state index in [0.717, 1.165) is 109 Å². The summed E-state index contributed by atoms with van der Waals surface area (Å²) in [5.41, 5.74) is 10.4. The van der Waals surface area contributed by atoms with Gasteiger partial charge in [-0.1, -0.05) is 64.8 Å². The highest BCUT2D eigenvalue weighted by Gasteiger charge is 2.64. The number of ketones is 1. The third-order valence-electron chi connectivity index (χ3n) is 18.4. The van der Waals surface area contributed by atoms with E-state index in [-0.39, 0.29) is 52.6 Å². The van der Waals surface area contributed by atoms with Gasteiger partial charge in [-0.25, -0.2) is 33.1 Å². The number of aliphatic imine (C=N–C) groups is 1. The van der Waals surface area contributed by atoms with E-state index in [0.29, 0.717) is 95.1 Å². The zero-order valence-electron chi connectivity index (χ0n) is 54.4. The summed E-state index contributed by atoms with van der Waals surface area (Å²) in [5.74, 6) is 5.01.